The van der Waals surface area contributed by atoms with Crippen LogP contribution >= 0.6 is 0 Å². The lowest BCUT2D eigenvalue weighted by Crippen LogP contribution is -2.72. The van der Waals surface area contributed by atoms with Crippen LogP contribution in [0.4, 0.5) is 0 Å². The molecule has 1 heterocycles. The molecule has 0 aromatic carbocycles. The predicted octanol–water partition coefficient (Wildman–Crippen LogP) is -0.665. The minimum absolute atomic E-state index is 0.101. The zero-order valence-electron chi connectivity index (χ0n) is 18.6. The van der Waals surface area contributed by atoms with Crippen LogP contribution in [0.3, 0.4) is 0 Å². The lowest BCUT2D eigenvalue weighted by Gasteiger charge is -2.57. The molecule has 0 amide bonds. The molecule has 1 aliphatic carbocycles. The molecule has 0 aromatic rings. The number of rotatable bonds is 6. The first-order chi connectivity index (χ1) is 13.6. The molecule has 0 radical (unpaired) electrons. The van der Waals surface area contributed by atoms with Gasteiger partial charge in [-0.15, -0.1) is 0 Å². The number of hydrogen-bond acceptors (Lipinski definition) is 9. The number of carbonyl (C=O) groups is 1. The molecule has 6 N–H and O–H groups in total. The van der Waals surface area contributed by atoms with Crippen LogP contribution in [0.5, 0.6) is 0 Å². The maximum atomic E-state index is 13.3. The highest BCUT2D eigenvalue weighted by molar-refractivity contribution is 5.94. The Morgan fingerprint density at radius 3 is 2.10 bits per heavy atom. The Morgan fingerprint density at radius 1 is 1.03 bits per heavy atom. The van der Waals surface area contributed by atoms with Crippen LogP contribution in [-0.2, 0) is 14.3 Å². The number of hydrogen-bond donors (Lipinski definition) is 6. The second-order valence-corrected chi connectivity index (χ2v) is 10.3. The average molecular weight is 435 g/mol. The molecule has 8 atom stereocenters. The molecule has 9 heteroatoms. The molecule has 2 aliphatic rings. The molecule has 9 nitrogen and oxygen atoms in total. The minimum Gasteiger partial charge on any atom is -0.394 e. The normalized spacial score (nSPS) is 43.8. The van der Waals surface area contributed by atoms with Crippen molar-refractivity contribution in [1.29, 1.82) is 0 Å². The summed E-state index contributed by atoms with van der Waals surface area (Å²) in [6, 6.07) is 0. The van der Waals surface area contributed by atoms with Gasteiger partial charge in [0.25, 0.3) is 0 Å². The van der Waals surface area contributed by atoms with E-state index >= 15 is 0 Å². The van der Waals surface area contributed by atoms with Crippen molar-refractivity contribution in [3.63, 3.8) is 0 Å². The number of aliphatic hydroxyl groups excluding tert-OH is 5. The van der Waals surface area contributed by atoms with E-state index in [2.05, 4.69) is 0 Å². The molecule has 1 saturated heterocycles. The summed E-state index contributed by atoms with van der Waals surface area (Å²) in [5.74, 6) is -0.347. The van der Waals surface area contributed by atoms with E-state index < -0.39 is 71.7 Å². The van der Waals surface area contributed by atoms with E-state index in [1.165, 1.54) is 0 Å². The van der Waals surface area contributed by atoms with E-state index in [-0.39, 0.29) is 12.3 Å². The van der Waals surface area contributed by atoms with Gasteiger partial charge in [0.1, 0.15) is 30.0 Å². The third kappa shape index (κ3) is 4.19. The fourth-order valence-corrected chi connectivity index (χ4v) is 4.91. The van der Waals surface area contributed by atoms with Gasteiger partial charge >= 0.3 is 0 Å². The van der Waals surface area contributed by atoms with Crippen molar-refractivity contribution in [2.24, 2.45) is 16.7 Å². The SMILES string of the molecule is CC(C)CC[C@]1(O)C(=O)C(C)(C)[C@@H](O[C@@H]2O[C@H](CO)[C@@H](O)[C@H](O)[C@H]2O)C(C)(C)[C@@H]1O. The zero-order valence-corrected chi connectivity index (χ0v) is 18.6. The summed E-state index contributed by atoms with van der Waals surface area (Å²) in [6.07, 6.45) is -9.22. The lowest BCUT2D eigenvalue weighted by atomic mass is 9.54. The van der Waals surface area contributed by atoms with Gasteiger partial charge in [-0.05, 0) is 18.8 Å². The number of carbonyl (C=O) groups excluding carboxylic acids is 1. The number of aliphatic hydroxyl groups is 6. The zero-order chi connectivity index (χ0) is 23.2. The second kappa shape index (κ2) is 8.71. The highest BCUT2D eigenvalue weighted by Gasteiger charge is 2.66. The van der Waals surface area contributed by atoms with E-state index in [9.17, 15) is 35.4 Å². The van der Waals surface area contributed by atoms with Gasteiger partial charge < -0.3 is 40.1 Å². The van der Waals surface area contributed by atoms with Gasteiger partial charge in [0, 0.05) is 5.41 Å². The van der Waals surface area contributed by atoms with E-state index in [4.69, 9.17) is 9.47 Å². The Morgan fingerprint density at radius 2 is 1.60 bits per heavy atom. The van der Waals surface area contributed by atoms with Gasteiger partial charge in [-0.3, -0.25) is 4.79 Å². The van der Waals surface area contributed by atoms with E-state index in [0.29, 0.717) is 6.42 Å². The maximum Gasteiger partial charge on any atom is 0.187 e. The standard InChI is InChI=1S/C21H38O9/c1-10(2)7-8-21(28)16(26)19(3,4)18(20(5,6)17(21)27)30-15-14(25)13(24)12(23)11(9-22)29-15/h10-16,18,22-26,28H,7-9H2,1-6H3/t11-,12-,13+,14-,15+,16+,18+,21-/m1/s1. The van der Waals surface area contributed by atoms with Crippen molar-refractivity contribution in [3.05, 3.63) is 0 Å². The topological polar surface area (TPSA) is 157 Å². The number of ketones is 1. The first-order valence-corrected chi connectivity index (χ1v) is 10.5. The van der Waals surface area contributed by atoms with Gasteiger partial charge in [0.05, 0.1) is 24.2 Å². The molecular weight excluding hydrogens is 396 g/mol. The highest BCUT2D eigenvalue weighted by atomic mass is 16.7. The van der Waals surface area contributed by atoms with Crippen molar-refractivity contribution in [1.82, 2.24) is 0 Å². The van der Waals surface area contributed by atoms with Crippen LogP contribution in [0.2, 0.25) is 0 Å². The van der Waals surface area contributed by atoms with Crippen LogP contribution in [-0.4, -0.2) is 91.5 Å². The fourth-order valence-electron chi connectivity index (χ4n) is 4.91. The summed E-state index contributed by atoms with van der Waals surface area (Å²) < 4.78 is 11.4. The van der Waals surface area contributed by atoms with Crippen molar-refractivity contribution in [3.8, 4) is 0 Å². The third-order valence-electron chi connectivity index (χ3n) is 6.69. The second-order valence-electron chi connectivity index (χ2n) is 10.3. The Labute approximate surface area is 177 Å². The van der Waals surface area contributed by atoms with E-state index in [0.717, 1.165) is 0 Å². The molecular formula is C21H38O9. The van der Waals surface area contributed by atoms with Gasteiger partial charge in [0.2, 0.25) is 0 Å². The summed E-state index contributed by atoms with van der Waals surface area (Å²) in [5, 5.41) is 62.0. The molecule has 1 aliphatic heterocycles. The van der Waals surface area contributed by atoms with Gasteiger partial charge in [-0.2, -0.15) is 0 Å². The fraction of sp³-hybridized carbons (Fsp3) is 0.952. The summed E-state index contributed by atoms with van der Waals surface area (Å²) in [4.78, 5) is 13.3. The quantitative estimate of drug-likeness (QED) is 0.319. The molecule has 2 fully saturated rings. The summed E-state index contributed by atoms with van der Waals surface area (Å²) in [7, 11) is 0. The number of Topliss-reactive ketones (excluding diaryl/α,β-unsaturated/α-hetero) is 1. The van der Waals surface area contributed by atoms with Crippen LogP contribution in [0.25, 0.3) is 0 Å². The van der Waals surface area contributed by atoms with Crippen molar-refractivity contribution in [2.75, 3.05) is 6.61 Å². The Kier molecular flexibility index (Phi) is 7.43. The van der Waals surface area contributed by atoms with E-state index in [1.54, 1.807) is 27.7 Å². The third-order valence-corrected chi connectivity index (χ3v) is 6.69. The summed E-state index contributed by atoms with van der Waals surface area (Å²) in [5.41, 5.74) is -4.36. The predicted molar refractivity (Wildman–Crippen MR) is 106 cm³/mol. The van der Waals surface area contributed by atoms with Crippen LogP contribution < -0.4 is 0 Å². The maximum absolute atomic E-state index is 13.3. The van der Waals surface area contributed by atoms with Crippen molar-refractivity contribution in [2.45, 2.75) is 103 Å². The highest BCUT2D eigenvalue weighted by Crippen LogP contribution is 2.52. The molecule has 0 spiro atoms. The monoisotopic (exact) mass is 434 g/mol. The smallest absolute Gasteiger partial charge is 0.187 e. The summed E-state index contributed by atoms with van der Waals surface area (Å²) in [6.45, 7) is 9.81. The molecule has 0 unspecified atom stereocenters. The molecule has 2 rings (SSSR count). The molecule has 0 aromatic heterocycles. The summed E-state index contributed by atoms with van der Waals surface area (Å²) >= 11 is 0. The minimum atomic E-state index is -1.95. The average Bonchev–Trinajstić information content (AvgIpc) is 2.67. The molecule has 0 bridgehead atoms. The van der Waals surface area contributed by atoms with Crippen LogP contribution in [0.15, 0.2) is 0 Å². The van der Waals surface area contributed by atoms with Crippen LogP contribution in [0, 0.1) is 16.7 Å². The van der Waals surface area contributed by atoms with Gasteiger partial charge in [-0.1, -0.05) is 41.5 Å². The van der Waals surface area contributed by atoms with Gasteiger partial charge in [0.15, 0.2) is 12.1 Å². The number of ether oxygens (including phenoxy) is 2. The molecule has 1 saturated carbocycles. The Bertz CT molecular complexity index is 618. The first-order valence-electron chi connectivity index (χ1n) is 10.5. The van der Waals surface area contributed by atoms with Crippen molar-refractivity contribution >= 4 is 5.78 Å². The van der Waals surface area contributed by atoms with E-state index in [1.807, 2.05) is 13.8 Å². The van der Waals surface area contributed by atoms with Crippen LogP contribution in [0.1, 0.15) is 54.4 Å². The van der Waals surface area contributed by atoms with Crippen molar-refractivity contribution < 1.29 is 44.9 Å². The first kappa shape index (κ1) is 25.6. The largest absolute Gasteiger partial charge is 0.394 e. The lowest BCUT2D eigenvalue weighted by molar-refractivity contribution is -0.338. The molecule has 176 valence electrons. The molecule has 30 heavy (non-hydrogen) atoms. The Balaban J connectivity index is 2.36. The van der Waals surface area contributed by atoms with Gasteiger partial charge in [-0.25, -0.2) is 0 Å². The Hall–Kier alpha value is -0.650.